The van der Waals surface area contributed by atoms with Gasteiger partial charge in [-0.25, -0.2) is 4.98 Å². The number of nitrogens with zero attached hydrogens (tertiary/aromatic N) is 3. The molecule has 0 spiro atoms. The first-order chi connectivity index (χ1) is 10.0. The van der Waals surface area contributed by atoms with Crippen LogP contribution in [0.15, 0.2) is 22.7 Å². The fraction of sp³-hybridized carbons (Fsp3) is 0.333. The predicted molar refractivity (Wildman–Crippen MR) is 84.1 cm³/mol. The zero-order valence-corrected chi connectivity index (χ0v) is 13.5. The van der Waals surface area contributed by atoms with Crippen molar-refractivity contribution in [2.24, 2.45) is 0 Å². The highest BCUT2D eigenvalue weighted by molar-refractivity contribution is 6.31. The van der Waals surface area contributed by atoms with Gasteiger partial charge in [0.2, 0.25) is 0 Å². The first-order valence-electron chi connectivity index (χ1n) is 6.68. The van der Waals surface area contributed by atoms with Crippen molar-refractivity contribution in [1.29, 1.82) is 0 Å². The van der Waals surface area contributed by atoms with Crippen LogP contribution < -0.4 is 0 Å². The highest BCUT2D eigenvalue weighted by Gasteiger charge is 2.22. The molecule has 0 fully saturated rings. The van der Waals surface area contributed by atoms with Gasteiger partial charge in [-0.15, -0.1) is 11.6 Å². The average molecular weight is 324 g/mol. The second kappa shape index (κ2) is 5.35. The summed E-state index contributed by atoms with van der Waals surface area (Å²) in [6.45, 7) is 5.94. The van der Waals surface area contributed by atoms with Crippen LogP contribution in [0.1, 0.15) is 35.8 Å². The maximum atomic E-state index is 6.13. The topological polar surface area (TPSA) is 43.9 Å². The van der Waals surface area contributed by atoms with Gasteiger partial charge in [0, 0.05) is 10.6 Å². The van der Waals surface area contributed by atoms with E-state index < -0.39 is 0 Å². The number of rotatable bonds is 3. The number of alkyl halides is 1. The summed E-state index contributed by atoms with van der Waals surface area (Å²) in [7, 11) is 0. The molecule has 21 heavy (non-hydrogen) atoms. The molecule has 0 saturated heterocycles. The Morgan fingerprint density at radius 3 is 2.71 bits per heavy atom. The van der Waals surface area contributed by atoms with Gasteiger partial charge in [-0.05, 0) is 39.0 Å². The van der Waals surface area contributed by atoms with Crippen molar-refractivity contribution in [3.05, 3.63) is 46.1 Å². The molecule has 0 N–H and O–H groups in total. The first-order valence-corrected chi connectivity index (χ1v) is 7.59. The minimum atomic E-state index is 0.0217. The summed E-state index contributed by atoms with van der Waals surface area (Å²) in [4.78, 5) is 4.58. The molecular formula is C15H15Cl2N3O. The molecule has 0 saturated carbocycles. The predicted octanol–water partition coefficient (Wildman–Crippen LogP) is 4.64. The lowest BCUT2D eigenvalue weighted by atomic mass is 10.1. The Balaban J connectivity index is 2.25. The highest BCUT2D eigenvalue weighted by Crippen LogP contribution is 2.31. The Kier molecular flexibility index (Phi) is 3.68. The van der Waals surface area contributed by atoms with Gasteiger partial charge < -0.3 is 9.09 Å². The van der Waals surface area contributed by atoms with Gasteiger partial charge in [0.1, 0.15) is 11.6 Å². The lowest BCUT2D eigenvalue weighted by molar-refractivity contribution is 0.391. The van der Waals surface area contributed by atoms with Crippen LogP contribution in [0.5, 0.6) is 0 Å². The fourth-order valence-electron chi connectivity index (χ4n) is 2.86. The van der Waals surface area contributed by atoms with E-state index in [0.29, 0.717) is 10.9 Å². The van der Waals surface area contributed by atoms with E-state index in [-0.39, 0.29) is 6.04 Å². The van der Waals surface area contributed by atoms with Crippen LogP contribution in [-0.4, -0.2) is 14.7 Å². The second-order valence-corrected chi connectivity index (χ2v) is 5.78. The van der Waals surface area contributed by atoms with Crippen LogP contribution >= 0.6 is 23.2 Å². The number of aryl methyl sites for hydroxylation is 2. The number of aromatic nitrogens is 3. The molecule has 0 aliphatic rings. The Hall–Kier alpha value is -1.52. The molecule has 1 atom stereocenters. The number of hydrogen-bond donors (Lipinski definition) is 0. The standard InChI is InChI=1S/C15H15Cl2N3O/c1-8-15(10(3)21-19-8)9(2)20-13-6-11(17)4-5-12(13)18-14(20)7-16/h4-6,9H,7H2,1-3H3. The van der Waals surface area contributed by atoms with E-state index in [1.54, 1.807) is 0 Å². The van der Waals surface area contributed by atoms with Crippen molar-refractivity contribution in [2.75, 3.05) is 0 Å². The van der Waals surface area contributed by atoms with E-state index in [9.17, 15) is 0 Å². The van der Waals surface area contributed by atoms with E-state index >= 15 is 0 Å². The monoisotopic (exact) mass is 323 g/mol. The molecule has 1 aromatic carbocycles. The van der Waals surface area contributed by atoms with Gasteiger partial charge in [0.15, 0.2) is 0 Å². The molecule has 3 rings (SSSR count). The summed E-state index contributed by atoms with van der Waals surface area (Å²) in [5, 5.41) is 4.71. The van der Waals surface area contributed by atoms with Crippen LogP contribution in [0.4, 0.5) is 0 Å². The number of halogens is 2. The van der Waals surface area contributed by atoms with Gasteiger partial charge in [-0.1, -0.05) is 16.8 Å². The van der Waals surface area contributed by atoms with Crippen molar-refractivity contribution < 1.29 is 4.52 Å². The van der Waals surface area contributed by atoms with Gasteiger partial charge >= 0.3 is 0 Å². The fourth-order valence-corrected chi connectivity index (χ4v) is 3.21. The van der Waals surface area contributed by atoms with Gasteiger partial charge in [-0.2, -0.15) is 0 Å². The second-order valence-electron chi connectivity index (χ2n) is 5.08. The van der Waals surface area contributed by atoms with Crippen LogP contribution in [0.2, 0.25) is 5.02 Å². The van der Waals surface area contributed by atoms with Crippen LogP contribution in [0, 0.1) is 13.8 Å². The third-order valence-electron chi connectivity index (χ3n) is 3.74. The van der Waals surface area contributed by atoms with Crippen molar-refractivity contribution in [3.8, 4) is 0 Å². The van der Waals surface area contributed by atoms with Crippen molar-refractivity contribution in [1.82, 2.24) is 14.7 Å². The lowest BCUT2D eigenvalue weighted by Gasteiger charge is -2.17. The Morgan fingerprint density at radius 2 is 2.10 bits per heavy atom. The van der Waals surface area contributed by atoms with Crippen molar-refractivity contribution >= 4 is 34.2 Å². The SMILES string of the molecule is Cc1noc(C)c1C(C)n1c(CCl)nc2ccc(Cl)cc21. The average Bonchev–Trinajstić information content (AvgIpc) is 2.98. The van der Waals surface area contributed by atoms with E-state index in [0.717, 1.165) is 33.9 Å². The number of hydrogen-bond acceptors (Lipinski definition) is 3. The molecule has 2 heterocycles. The molecule has 6 heteroatoms. The summed E-state index contributed by atoms with van der Waals surface area (Å²) in [6, 6.07) is 5.67. The smallest absolute Gasteiger partial charge is 0.139 e. The molecule has 0 aliphatic heterocycles. The minimum Gasteiger partial charge on any atom is -0.361 e. The third-order valence-corrected chi connectivity index (χ3v) is 4.21. The summed E-state index contributed by atoms with van der Waals surface area (Å²) in [5.74, 6) is 1.95. The summed E-state index contributed by atoms with van der Waals surface area (Å²) in [6.07, 6.45) is 0. The largest absolute Gasteiger partial charge is 0.361 e. The first kappa shape index (κ1) is 14.4. The van der Waals surface area contributed by atoms with E-state index in [2.05, 4.69) is 21.6 Å². The molecular weight excluding hydrogens is 309 g/mol. The Morgan fingerprint density at radius 1 is 1.33 bits per heavy atom. The molecule has 3 aromatic rings. The van der Waals surface area contributed by atoms with E-state index in [4.69, 9.17) is 27.7 Å². The zero-order valence-electron chi connectivity index (χ0n) is 12.0. The van der Waals surface area contributed by atoms with Crippen molar-refractivity contribution in [2.45, 2.75) is 32.7 Å². The number of fused-ring (bicyclic) bond motifs is 1. The van der Waals surface area contributed by atoms with Crippen LogP contribution in [0.25, 0.3) is 11.0 Å². The maximum Gasteiger partial charge on any atom is 0.139 e. The minimum absolute atomic E-state index is 0.0217. The molecule has 0 amide bonds. The third kappa shape index (κ3) is 2.32. The molecule has 2 aromatic heterocycles. The van der Waals surface area contributed by atoms with Crippen molar-refractivity contribution in [3.63, 3.8) is 0 Å². The Bertz CT molecular complexity index is 787. The number of benzene rings is 1. The van der Waals surface area contributed by atoms with Gasteiger partial charge in [0.05, 0.1) is 28.6 Å². The Labute approximate surface area is 132 Å². The number of imidazole rings is 1. The summed E-state index contributed by atoms with van der Waals surface area (Å²) < 4.78 is 7.38. The highest BCUT2D eigenvalue weighted by atomic mass is 35.5. The summed E-state index contributed by atoms with van der Waals surface area (Å²) >= 11 is 12.2. The summed E-state index contributed by atoms with van der Waals surface area (Å²) in [5.41, 5.74) is 3.78. The van der Waals surface area contributed by atoms with Gasteiger partial charge in [-0.3, -0.25) is 0 Å². The molecule has 110 valence electrons. The zero-order chi connectivity index (χ0) is 15.1. The molecule has 0 bridgehead atoms. The molecule has 0 aliphatic carbocycles. The van der Waals surface area contributed by atoms with Gasteiger partial charge in [0.25, 0.3) is 0 Å². The lowest BCUT2D eigenvalue weighted by Crippen LogP contribution is -2.11. The van der Waals surface area contributed by atoms with Crippen LogP contribution in [0.3, 0.4) is 0 Å². The van der Waals surface area contributed by atoms with E-state index in [1.807, 2.05) is 32.0 Å². The molecule has 4 nitrogen and oxygen atoms in total. The maximum absolute atomic E-state index is 6.13. The molecule has 1 unspecified atom stereocenters. The van der Waals surface area contributed by atoms with E-state index in [1.165, 1.54) is 0 Å². The molecule has 0 radical (unpaired) electrons. The normalized spacial score (nSPS) is 13.0. The van der Waals surface area contributed by atoms with Crippen LogP contribution in [-0.2, 0) is 5.88 Å². The quantitative estimate of drug-likeness (QED) is 0.659.